The first-order valence-corrected chi connectivity index (χ1v) is 7.54. The van der Waals surface area contributed by atoms with E-state index in [1.165, 1.54) is 11.8 Å². The maximum absolute atomic E-state index is 10.7. The lowest BCUT2D eigenvalue weighted by atomic mass is 10.2. The summed E-state index contributed by atoms with van der Waals surface area (Å²) < 4.78 is 2.01. The molecule has 1 heterocycles. The topological polar surface area (TPSA) is 68.0 Å². The zero-order valence-corrected chi connectivity index (χ0v) is 12.1. The molecule has 2 aromatic rings. The number of benzene rings is 1. The fourth-order valence-electron chi connectivity index (χ4n) is 1.84. The van der Waals surface area contributed by atoms with Gasteiger partial charge in [-0.25, -0.2) is 0 Å². The Kier molecular flexibility index (Phi) is 5.17. The number of aromatic nitrogens is 3. The summed E-state index contributed by atoms with van der Waals surface area (Å²) >= 11 is 1.21. The Labute approximate surface area is 122 Å². The number of rotatable bonds is 7. The zero-order chi connectivity index (χ0) is 14.4. The van der Waals surface area contributed by atoms with Gasteiger partial charge in [-0.05, 0) is 6.42 Å². The van der Waals surface area contributed by atoms with Crippen LogP contribution >= 0.6 is 11.8 Å². The van der Waals surface area contributed by atoms with E-state index in [2.05, 4.69) is 17.1 Å². The molecule has 0 amide bonds. The molecule has 2 rings (SSSR count). The summed E-state index contributed by atoms with van der Waals surface area (Å²) in [5, 5.41) is 17.8. The van der Waals surface area contributed by atoms with Crippen molar-refractivity contribution in [3.63, 3.8) is 0 Å². The van der Waals surface area contributed by atoms with Crippen molar-refractivity contribution < 1.29 is 9.90 Å². The van der Waals surface area contributed by atoms with Crippen molar-refractivity contribution in [3.05, 3.63) is 30.3 Å². The molecule has 0 unspecified atom stereocenters. The monoisotopic (exact) mass is 291 g/mol. The number of carboxylic acids is 1. The van der Waals surface area contributed by atoms with E-state index in [0.29, 0.717) is 5.16 Å². The average molecular weight is 291 g/mol. The van der Waals surface area contributed by atoms with Crippen molar-refractivity contribution >= 4 is 17.7 Å². The molecule has 5 nitrogen and oxygen atoms in total. The van der Waals surface area contributed by atoms with Gasteiger partial charge in [0, 0.05) is 12.1 Å². The first-order valence-electron chi connectivity index (χ1n) is 6.55. The van der Waals surface area contributed by atoms with E-state index < -0.39 is 5.97 Å². The van der Waals surface area contributed by atoms with Crippen molar-refractivity contribution in [2.45, 2.75) is 31.5 Å². The molecule has 1 aromatic heterocycles. The SMILES string of the molecule is CCCCn1c(SCC(=O)O)nnc1-c1ccccc1. The highest BCUT2D eigenvalue weighted by molar-refractivity contribution is 7.99. The van der Waals surface area contributed by atoms with Gasteiger partial charge in [0.15, 0.2) is 11.0 Å². The maximum Gasteiger partial charge on any atom is 0.313 e. The minimum absolute atomic E-state index is 0.000944. The maximum atomic E-state index is 10.7. The highest BCUT2D eigenvalue weighted by atomic mass is 32.2. The molecular weight excluding hydrogens is 274 g/mol. The third-order valence-corrected chi connectivity index (χ3v) is 3.76. The lowest BCUT2D eigenvalue weighted by Crippen LogP contribution is -2.05. The molecular formula is C14H17N3O2S. The Hall–Kier alpha value is -1.82. The quantitative estimate of drug-likeness (QED) is 0.794. The number of nitrogens with zero attached hydrogens (tertiary/aromatic N) is 3. The van der Waals surface area contributed by atoms with Crippen LogP contribution < -0.4 is 0 Å². The predicted molar refractivity (Wildman–Crippen MR) is 78.7 cm³/mol. The van der Waals surface area contributed by atoms with Crippen LogP contribution in [0.25, 0.3) is 11.4 Å². The largest absolute Gasteiger partial charge is 0.481 e. The van der Waals surface area contributed by atoms with E-state index in [-0.39, 0.29) is 5.75 Å². The average Bonchev–Trinajstić information content (AvgIpc) is 2.86. The van der Waals surface area contributed by atoms with Crippen LogP contribution in [0.4, 0.5) is 0 Å². The van der Waals surface area contributed by atoms with Crippen molar-refractivity contribution in [3.8, 4) is 11.4 Å². The van der Waals surface area contributed by atoms with Gasteiger partial charge in [-0.2, -0.15) is 0 Å². The number of thioether (sulfide) groups is 1. The van der Waals surface area contributed by atoms with Gasteiger partial charge < -0.3 is 9.67 Å². The van der Waals surface area contributed by atoms with Crippen molar-refractivity contribution in [1.82, 2.24) is 14.8 Å². The highest BCUT2D eigenvalue weighted by Gasteiger charge is 2.14. The van der Waals surface area contributed by atoms with Crippen LogP contribution in [-0.2, 0) is 11.3 Å². The molecule has 20 heavy (non-hydrogen) atoms. The molecule has 0 fully saturated rings. The van der Waals surface area contributed by atoms with Crippen LogP contribution in [0.15, 0.2) is 35.5 Å². The number of aliphatic carboxylic acids is 1. The van der Waals surface area contributed by atoms with Crippen molar-refractivity contribution in [2.75, 3.05) is 5.75 Å². The number of carboxylic acid groups (broad SMARTS) is 1. The fourth-order valence-corrected chi connectivity index (χ4v) is 2.53. The lowest BCUT2D eigenvalue weighted by molar-refractivity contribution is -0.133. The summed E-state index contributed by atoms with van der Waals surface area (Å²) in [5.74, 6) is -0.0489. The second-order valence-corrected chi connectivity index (χ2v) is 5.30. The molecule has 0 aliphatic rings. The van der Waals surface area contributed by atoms with Gasteiger partial charge in [-0.15, -0.1) is 10.2 Å². The van der Waals surface area contributed by atoms with Crippen LogP contribution in [0.1, 0.15) is 19.8 Å². The van der Waals surface area contributed by atoms with E-state index in [1.54, 1.807) is 0 Å². The van der Waals surface area contributed by atoms with Gasteiger partial charge in [0.05, 0.1) is 5.75 Å². The molecule has 0 aliphatic heterocycles. The van der Waals surface area contributed by atoms with Crippen LogP contribution in [0.3, 0.4) is 0 Å². The summed E-state index contributed by atoms with van der Waals surface area (Å²) in [6, 6.07) is 9.84. The summed E-state index contributed by atoms with van der Waals surface area (Å²) in [6.45, 7) is 2.92. The first kappa shape index (κ1) is 14.6. The number of unbranched alkanes of at least 4 members (excludes halogenated alkanes) is 1. The van der Waals surface area contributed by atoms with Crippen LogP contribution in [-0.4, -0.2) is 31.6 Å². The molecule has 0 saturated heterocycles. The highest BCUT2D eigenvalue weighted by Crippen LogP contribution is 2.24. The summed E-state index contributed by atoms with van der Waals surface area (Å²) in [6.07, 6.45) is 2.08. The third-order valence-electron chi connectivity index (χ3n) is 2.81. The standard InChI is InChI=1S/C14H17N3O2S/c1-2-3-9-17-13(11-7-5-4-6-8-11)15-16-14(17)20-10-12(18)19/h4-8H,2-3,9-10H2,1H3,(H,18,19). The van der Waals surface area contributed by atoms with Crippen LogP contribution in [0.2, 0.25) is 0 Å². The fraction of sp³-hybridized carbons (Fsp3) is 0.357. The molecule has 0 aliphatic carbocycles. The molecule has 1 N–H and O–H groups in total. The molecule has 6 heteroatoms. The molecule has 0 spiro atoms. The van der Waals surface area contributed by atoms with Gasteiger partial charge in [-0.1, -0.05) is 55.4 Å². The molecule has 106 valence electrons. The summed E-state index contributed by atoms with van der Waals surface area (Å²) in [4.78, 5) is 10.7. The van der Waals surface area contributed by atoms with E-state index in [9.17, 15) is 4.79 Å². The first-order chi connectivity index (χ1) is 9.72. The predicted octanol–water partition coefficient (Wildman–Crippen LogP) is 2.92. The van der Waals surface area contributed by atoms with Crippen molar-refractivity contribution in [2.24, 2.45) is 0 Å². The third kappa shape index (κ3) is 3.60. The van der Waals surface area contributed by atoms with Gasteiger partial charge >= 0.3 is 5.97 Å². The molecule has 0 bridgehead atoms. The number of hydrogen-bond donors (Lipinski definition) is 1. The minimum Gasteiger partial charge on any atom is -0.481 e. The second-order valence-electron chi connectivity index (χ2n) is 4.36. The van der Waals surface area contributed by atoms with Gasteiger partial charge in [0.2, 0.25) is 0 Å². The normalized spacial score (nSPS) is 10.7. The minimum atomic E-state index is -0.846. The van der Waals surface area contributed by atoms with E-state index in [0.717, 1.165) is 30.8 Å². The Balaban J connectivity index is 2.29. The summed E-state index contributed by atoms with van der Waals surface area (Å²) in [5.41, 5.74) is 0.998. The smallest absolute Gasteiger partial charge is 0.313 e. The molecule has 0 saturated carbocycles. The lowest BCUT2D eigenvalue weighted by Gasteiger charge is -2.08. The Morgan fingerprint density at radius 2 is 2.05 bits per heavy atom. The molecule has 0 atom stereocenters. The zero-order valence-electron chi connectivity index (χ0n) is 11.3. The Morgan fingerprint density at radius 3 is 2.70 bits per heavy atom. The van der Waals surface area contributed by atoms with Crippen LogP contribution in [0.5, 0.6) is 0 Å². The van der Waals surface area contributed by atoms with E-state index in [4.69, 9.17) is 5.11 Å². The molecule has 1 aromatic carbocycles. The van der Waals surface area contributed by atoms with E-state index >= 15 is 0 Å². The van der Waals surface area contributed by atoms with Gasteiger partial charge in [-0.3, -0.25) is 4.79 Å². The number of hydrogen-bond acceptors (Lipinski definition) is 4. The van der Waals surface area contributed by atoms with Gasteiger partial charge in [0.1, 0.15) is 0 Å². The van der Waals surface area contributed by atoms with Gasteiger partial charge in [0.25, 0.3) is 0 Å². The van der Waals surface area contributed by atoms with Crippen molar-refractivity contribution in [1.29, 1.82) is 0 Å². The Morgan fingerprint density at radius 1 is 1.30 bits per heavy atom. The van der Waals surface area contributed by atoms with Crippen LogP contribution in [0, 0.1) is 0 Å². The number of carbonyl (C=O) groups is 1. The van der Waals surface area contributed by atoms with E-state index in [1.807, 2.05) is 34.9 Å². The molecule has 0 radical (unpaired) electrons. The summed E-state index contributed by atoms with van der Waals surface area (Å²) in [7, 11) is 0. The second kappa shape index (κ2) is 7.09. The Bertz CT molecular complexity index is 569.